The Balaban J connectivity index is 1.25. The van der Waals surface area contributed by atoms with E-state index in [2.05, 4.69) is 6.08 Å². The molecule has 1 unspecified atom stereocenters. The van der Waals surface area contributed by atoms with E-state index in [9.17, 15) is 8.94 Å². The van der Waals surface area contributed by atoms with Crippen LogP contribution in [-0.2, 0) is 17.1 Å². The fourth-order valence-corrected chi connectivity index (χ4v) is 5.84. The largest absolute Gasteiger partial charge is 0.593 e. The summed E-state index contributed by atoms with van der Waals surface area (Å²) in [5.41, 5.74) is 3.90. The van der Waals surface area contributed by atoms with Crippen LogP contribution in [-0.4, -0.2) is 21.9 Å². The molecule has 1 atom stereocenters. The van der Waals surface area contributed by atoms with Crippen LogP contribution in [0.15, 0.2) is 114 Å². The molecule has 0 bridgehead atoms. The summed E-state index contributed by atoms with van der Waals surface area (Å²) in [6.07, 6.45) is 2.81. The standard InChI is InChI=1S/C30H24FNO3S/c31-26-13-11-22(12-14-26)23-17-19-32(20-18-23)36(33)27-15-16-28-29(21-27)35-30(34-28,24-7-3-1-4-8-24)25-9-5-2-6-10-25/h1-17,21H,18-20H2. The first kappa shape index (κ1) is 22.9. The van der Waals surface area contributed by atoms with E-state index in [0.29, 0.717) is 29.5 Å². The molecule has 0 aromatic heterocycles. The summed E-state index contributed by atoms with van der Waals surface area (Å²) in [7, 11) is 0. The SMILES string of the molecule is [O-][S+](c1ccc2c(c1)OC(c1ccccc1)(c1ccccc1)O2)N1CC=C(c2ccc(F)cc2)CC1. The van der Waals surface area contributed by atoms with E-state index in [0.717, 1.165) is 28.7 Å². The summed E-state index contributed by atoms with van der Waals surface area (Å²) in [6.45, 7) is 1.19. The molecule has 2 heterocycles. The van der Waals surface area contributed by atoms with Crippen LogP contribution in [0.2, 0.25) is 0 Å². The van der Waals surface area contributed by atoms with Crippen molar-refractivity contribution in [2.24, 2.45) is 0 Å². The Hall–Kier alpha value is -3.58. The van der Waals surface area contributed by atoms with Crippen molar-refractivity contribution in [3.8, 4) is 11.5 Å². The minimum absolute atomic E-state index is 0.246. The topological polar surface area (TPSA) is 44.8 Å². The molecule has 0 aliphatic carbocycles. The van der Waals surface area contributed by atoms with Gasteiger partial charge >= 0.3 is 5.79 Å². The Kier molecular flexibility index (Phi) is 6.01. The zero-order valence-corrected chi connectivity index (χ0v) is 20.3. The number of halogens is 1. The van der Waals surface area contributed by atoms with Crippen LogP contribution in [0.3, 0.4) is 0 Å². The van der Waals surface area contributed by atoms with Crippen LogP contribution in [0.25, 0.3) is 5.57 Å². The van der Waals surface area contributed by atoms with Gasteiger partial charge in [0.1, 0.15) is 5.82 Å². The number of rotatable bonds is 5. The van der Waals surface area contributed by atoms with Gasteiger partial charge in [-0.05, 0) is 41.8 Å². The number of hydrogen-bond acceptors (Lipinski definition) is 4. The van der Waals surface area contributed by atoms with E-state index in [-0.39, 0.29) is 5.82 Å². The summed E-state index contributed by atoms with van der Waals surface area (Å²) >= 11 is -1.36. The summed E-state index contributed by atoms with van der Waals surface area (Å²) in [5, 5.41) is 0. The molecule has 6 rings (SSSR count). The second-order valence-corrected chi connectivity index (χ2v) is 10.3. The molecule has 4 nitrogen and oxygen atoms in total. The molecule has 2 aliphatic heterocycles. The molecule has 180 valence electrons. The molecule has 6 heteroatoms. The fourth-order valence-electron chi connectivity index (χ4n) is 4.69. The van der Waals surface area contributed by atoms with Crippen molar-refractivity contribution in [3.63, 3.8) is 0 Å². The molecule has 0 saturated carbocycles. The molecule has 2 aliphatic rings. The average Bonchev–Trinajstić information content (AvgIpc) is 3.34. The van der Waals surface area contributed by atoms with E-state index in [1.54, 1.807) is 12.1 Å². The molecule has 0 saturated heterocycles. The first-order chi connectivity index (χ1) is 17.6. The van der Waals surface area contributed by atoms with Gasteiger partial charge in [-0.1, -0.05) is 78.9 Å². The number of fused-ring (bicyclic) bond motifs is 1. The lowest BCUT2D eigenvalue weighted by Gasteiger charge is -2.28. The predicted molar refractivity (Wildman–Crippen MR) is 138 cm³/mol. The lowest BCUT2D eigenvalue weighted by atomic mass is 9.97. The highest BCUT2D eigenvalue weighted by Gasteiger charge is 2.46. The maximum absolute atomic E-state index is 13.5. The summed E-state index contributed by atoms with van der Waals surface area (Å²) in [5.74, 6) is -0.180. The van der Waals surface area contributed by atoms with E-state index in [4.69, 9.17) is 9.47 Å². The molecule has 36 heavy (non-hydrogen) atoms. The number of hydrogen-bond donors (Lipinski definition) is 0. The van der Waals surface area contributed by atoms with E-state index < -0.39 is 17.1 Å². The number of ether oxygens (including phenoxy) is 2. The van der Waals surface area contributed by atoms with Gasteiger partial charge in [0.15, 0.2) is 16.4 Å². The third-order valence-corrected chi connectivity index (χ3v) is 8.01. The Bertz CT molecular complexity index is 1350. The van der Waals surface area contributed by atoms with E-state index >= 15 is 0 Å². The van der Waals surface area contributed by atoms with Crippen molar-refractivity contribution in [3.05, 3.63) is 132 Å². The van der Waals surface area contributed by atoms with Gasteiger partial charge in [-0.25, -0.2) is 4.39 Å². The molecule has 0 N–H and O–H groups in total. The van der Waals surface area contributed by atoms with Crippen molar-refractivity contribution < 1.29 is 18.4 Å². The highest BCUT2D eigenvalue weighted by Crippen LogP contribution is 2.48. The first-order valence-corrected chi connectivity index (χ1v) is 13.0. The van der Waals surface area contributed by atoms with Gasteiger partial charge in [-0.15, -0.1) is 4.31 Å². The van der Waals surface area contributed by atoms with Crippen molar-refractivity contribution in [2.75, 3.05) is 13.1 Å². The highest BCUT2D eigenvalue weighted by molar-refractivity contribution is 7.89. The highest BCUT2D eigenvalue weighted by atomic mass is 32.2. The van der Waals surface area contributed by atoms with Crippen molar-refractivity contribution in [1.82, 2.24) is 4.31 Å². The molecule has 0 amide bonds. The van der Waals surface area contributed by atoms with Gasteiger partial charge in [-0.3, -0.25) is 0 Å². The van der Waals surface area contributed by atoms with Gasteiger partial charge in [0.05, 0.1) is 17.9 Å². The van der Waals surface area contributed by atoms with Crippen molar-refractivity contribution in [1.29, 1.82) is 0 Å². The Morgan fingerprint density at radius 1 is 0.778 bits per heavy atom. The van der Waals surface area contributed by atoms with Crippen molar-refractivity contribution >= 4 is 16.9 Å². The second-order valence-electron chi connectivity index (χ2n) is 8.78. The zero-order valence-electron chi connectivity index (χ0n) is 19.5. The third-order valence-electron chi connectivity index (χ3n) is 6.55. The molecule has 0 radical (unpaired) electrons. The molecule has 0 spiro atoms. The minimum Gasteiger partial charge on any atom is -0.593 e. The Morgan fingerprint density at radius 2 is 1.42 bits per heavy atom. The van der Waals surface area contributed by atoms with Crippen LogP contribution in [0.4, 0.5) is 4.39 Å². The number of benzene rings is 4. The van der Waals surface area contributed by atoms with Gasteiger partial charge < -0.3 is 14.0 Å². The monoisotopic (exact) mass is 497 g/mol. The normalized spacial score (nSPS) is 17.4. The molecular weight excluding hydrogens is 473 g/mol. The summed E-state index contributed by atoms with van der Waals surface area (Å²) in [6, 6.07) is 31.7. The van der Waals surface area contributed by atoms with E-state index in [1.807, 2.05) is 83.2 Å². The van der Waals surface area contributed by atoms with Crippen LogP contribution in [0.1, 0.15) is 23.1 Å². The van der Waals surface area contributed by atoms with Crippen LogP contribution < -0.4 is 9.47 Å². The minimum atomic E-state index is -1.36. The van der Waals surface area contributed by atoms with Gasteiger partial charge in [0.25, 0.3) is 0 Å². The first-order valence-electron chi connectivity index (χ1n) is 11.9. The maximum Gasteiger partial charge on any atom is 0.305 e. The van der Waals surface area contributed by atoms with Crippen molar-refractivity contribution in [2.45, 2.75) is 17.1 Å². The molecular formula is C30H24FNO3S. The number of nitrogens with zero attached hydrogens (tertiary/aromatic N) is 1. The van der Waals surface area contributed by atoms with Gasteiger partial charge in [-0.2, -0.15) is 0 Å². The molecule has 4 aromatic carbocycles. The maximum atomic E-state index is 13.5. The smallest absolute Gasteiger partial charge is 0.305 e. The lowest BCUT2D eigenvalue weighted by Crippen LogP contribution is -2.36. The summed E-state index contributed by atoms with van der Waals surface area (Å²) < 4.78 is 41.6. The quantitative estimate of drug-likeness (QED) is 0.303. The lowest BCUT2D eigenvalue weighted by molar-refractivity contribution is -0.0459. The summed E-state index contributed by atoms with van der Waals surface area (Å²) in [4.78, 5) is 0.660. The molecule has 4 aromatic rings. The van der Waals surface area contributed by atoms with Gasteiger partial charge in [0, 0.05) is 23.7 Å². The van der Waals surface area contributed by atoms with Gasteiger partial charge in [0.2, 0.25) is 0 Å². The predicted octanol–water partition coefficient (Wildman–Crippen LogP) is 6.31. The zero-order chi connectivity index (χ0) is 24.5. The average molecular weight is 498 g/mol. The second kappa shape index (κ2) is 9.47. The Morgan fingerprint density at radius 3 is 2.03 bits per heavy atom. The third kappa shape index (κ3) is 4.17. The molecule has 0 fully saturated rings. The van der Waals surface area contributed by atoms with Crippen LogP contribution in [0.5, 0.6) is 11.5 Å². The fraction of sp³-hybridized carbons (Fsp3) is 0.133. The van der Waals surface area contributed by atoms with E-state index in [1.165, 1.54) is 12.1 Å². The Labute approximate surface area is 212 Å². The van der Waals surface area contributed by atoms with Crippen LogP contribution in [0, 0.1) is 5.82 Å². The van der Waals surface area contributed by atoms with Crippen LogP contribution >= 0.6 is 0 Å².